The number of ether oxygens (including phenoxy) is 4. The van der Waals surface area contributed by atoms with Gasteiger partial charge in [0.25, 0.3) is 5.56 Å². The van der Waals surface area contributed by atoms with Gasteiger partial charge in [0.05, 0.1) is 63.8 Å². The van der Waals surface area contributed by atoms with E-state index in [1.807, 2.05) is 40.1 Å². The lowest BCUT2D eigenvalue weighted by atomic mass is 10.1. The van der Waals surface area contributed by atoms with Crippen LogP contribution in [0.5, 0.6) is 0 Å². The molecule has 2 aromatic heterocycles. The van der Waals surface area contributed by atoms with Crippen molar-refractivity contribution >= 4 is 34.5 Å². The van der Waals surface area contributed by atoms with Crippen LogP contribution in [0.25, 0.3) is 10.8 Å². The molecule has 48 heavy (non-hydrogen) atoms. The lowest BCUT2D eigenvalue weighted by Crippen LogP contribution is -2.30. The van der Waals surface area contributed by atoms with Crippen LogP contribution < -0.4 is 21.1 Å². The van der Waals surface area contributed by atoms with Crippen LogP contribution in [0.15, 0.2) is 59.8 Å². The average Bonchev–Trinajstić information content (AvgIpc) is 3.14. The second-order valence-corrected chi connectivity index (χ2v) is 10.0. The summed E-state index contributed by atoms with van der Waals surface area (Å²) in [6.07, 6.45) is 10.0. The van der Waals surface area contributed by atoms with Gasteiger partial charge in [0, 0.05) is 55.4 Å². The number of nitrogens with two attached hydrogens (primary N) is 1. The van der Waals surface area contributed by atoms with E-state index < -0.39 is 5.97 Å². The van der Waals surface area contributed by atoms with E-state index in [0.717, 1.165) is 0 Å². The van der Waals surface area contributed by atoms with E-state index >= 15 is 0 Å². The number of benzene rings is 1. The summed E-state index contributed by atoms with van der Waals surface area (Å²) in [5, 5.41) is 2.57. The first-order valence-corrected chi connectivity index (χ1v) is 17.2. The highest BCUT2D eigenvalue weighted by molar-refractivity contribution is 5.93. The number of piperidine rings is 1. The number of rotatable bonds is 17. The van der Waals surface area contributed by atoms with Crippen molar-refractivity contribution in [2.75, 3.05) is 82.2 Å². The Morgan fingerprint density at radius 3 is 2.19 bits per heavy atom. The minimum Gasteiger partial charge on any atom is -0.465 e. The van der Waals surface area contributed by atoms with Crippen LogP contribution in [0.2, 0.25) is 0 Å². The molecule has 1 aliphatic heterocycles. The van der Waals surface area contributed by atoms with Crippen LogP contribution in [-0.2, 0) is 35.1 Å². The lowest BCUT2D eigenvalue weighted by molar-refractivity contribution is -0.143. The largest absolute Gasteiger partial charge is 0.465 e. The normalized spacial score (nSPS) is 12.0. The first kappa shape index (κ1) is 42.2. The maximum atomic E-state index is 11.9. The summed E-state index contributed by atoms with van der Waals surface area (Å²) in [5.74, 6) is -0.517. The lowest BCUT2D eigenvalue weighted by Gasteiger charge is -2.29. The Morgan fingerprint density at radius 1 is 0.896 bits per heavy atom. The fourth-order valence-corrected chi connectivity index (χ4v) is 4.68. The molecule has 0 radical (unpaired) electrons. The molecule has 3 aromatic rings. The topological polar surface area (TPSA) is 138 Å². The number of aromatic nitrogens is 2. The van der Waals surface area contributed by atoms with Crippen molar-refractivity contribution in [3.05, 3.63) is 65.3 Å². The number of carbonyl (C=O) groups is 2. The molecule has 0 unspecified atom stereocenters. The summed E-state index contributed by atoms with van der Waals surface area (Å²) in [4.78, 5) is 43.0. The van der Waals surface area contributed by atoms with Crippen LogP contribution in [0.1, 0.15) is 53.9 Å². The third-order valence-corrected chi connectivity index (χ3v) is 6.86. The van der Waals surface area contributed by atoms with E-state index in [4.69, 9.17) is 24.7 Å². The van der Waals surface area contributed by atoms with Gasteiger partial charge in [-0.2, -0.15) is 0 Å². The van der Waals surface area contributed by atoms with Gasteiger partial charge in [0.1, 0.15) is 6.54 Å². The first-order chi connectivity index (χ1) is 23.6. The highest BCUT2D eigenvalue weighted by Gasteiger charge is 2.13. The number of hydrogen-bond donors (Lipinski definition) is 1. The van der Waals surface area contributed by atoms with Crippen molar-refractivity contribution in [2.45, 2.75) is 60.4 Å². The molecule has 3 heterocycles. The molecule has 0 saturated carbocycles. The highest BCUT2D eigenvalue weighted by Crippen LogP contribution is 2.27. The predicted octanol–water partition coefficient (Wildman–Crippen LogP) is 4.66. The Bertz CT molecular complexity index is 1330. The number of fused-ring (bicyclic) bond motifs is 1. The van der Waals surface area contributed by atoms with Crippen molar-refractivity contribution in [3.63, 3.8) is 0 Å². The predicted molar refractivity (Wildman–Crippen MR) is 193 cm³/mol. The summed E-state index contributed by atoms with van der Waals surface area (Å²) in [6.45, 7) is 15.4. The van der Waals surface area contributed by atoms with Gasteiger partial charge < -0.3 is 39.0 Å². The second-order valence-electron chi connectivity index (χ2n) is 10.0. The van der Waals surface area contributed by atoms with Crippen molar-refractivity contribution in [1.82, 2.24) is 9.55 Å². The number of hydrogen-bond acceptors (Lipinski definition) is 10. The molecule has 0 spiro atoms. The van der Waals surface area contributed by atoms with Gasteiger partial charge in [-0.15, -0.1) is 0 Å². The number of amides is 1. The molecule has 12 heteroatoms. The van der Waals surface area contributed by atoms with Crippen LogP contribution in [0, 0.1) is 0 Å². The maximum Gasteiger partial charge on any atom is 0.326 e. The molecule has 1 aromatic carbocycles. The molecule has 2 N–H and O–H groups in total. The van der Waals surface area contributed by atoms with E-state index in [-0.39, 0.29) is 18.7 Å². The van der Waals surface area contributed by atoms with E-state index in [9.17, 15) is 14.4 Å². The van der Waals surface area contributed by atoms with Crippen LogP contribution in [-0.4, -0.2) is 94.4 Å². The number of esters is 1. The summed E-state index contributed by atoms with van der Waals surface area (Å²) < 4.78 is 22.0. The zero-order valence-electron chi connectivity index (χ0n) is 29.6. The van der Waals surface area contributed by atoms with Crippen LogP contribution in [0.4, 0.5) is 11.4 Å². The Hall–Kier alpha value is -3.84. The molecule has 12 nitrogen and oxygen atoms in total. The molecular weight excluding hydrogens is 614 g/mol. The molecule has 1 aliphatic rings. The fraction of sp³-hybridized carbons (Fsp3) is 0.556. The fourth-order valence-electron chi connectivity index (χ4n) is 4.68. The van der Waals surface area contributed by atoms with E-state index in [1.165, 1.54) is 76.6 Å². The van der Waals surface area contributed by atoms with Crippen molar-refractivity contribution < 1.29 is 28.5 Å². The van der Waals surface area contributed by atoms with Crippen molar-refractivity contribution in [2.24, 2.45) is 5.73 Å². The minimum absolute atomic E-state index is 0.212. The monoisotopic (exact) mass is 671 g/mol. The quantitative estimate of drug-likeness (QED) is 0.123. The van der Waals surface area contributed by atoms with Gasteiger partial charge in [0.2, 0.25) is 6.41 Å². The SMILES string of the molecule is CC.CC.CCOC(=O)Cn1cc(N(C=O)CCOCCOCCOCCN)ccc1=O.c1ccc2c(N3CCCCC3)cncc2c1. The first-order valence-electron chi connectivity index (χ1n) is 17.2. The molecule has 1 saturated heterocycles. The molecule has 1 fully saturated rings. The second kappa shape index (κ2) is 27.1. The summed E-state index contributed by atoms with van der Waals surface area (Å²) >= 11 is 0. The molecular formula is C36H57N5O7. The van der Waals surface area contributed by atoms with Gasteiger partial charge in [-0.3, -0.25) is 19.4 Å². The zero-order valence-corrected chi connectivity index (χ0v) is 29.6. The summed E-state index contributed by atoms with van der Waals surface area (Å²) in [6, 6.07) is 11.3. The molecule has 268 valence electrons. The molecule has 0 bridgehead atoms. The van der Waals surface area contributed by atoms with Gasteiger partial charge >= 0.3 is 5.97 Å². The Morgan fingerprint density at radius 2 is 1.54 bits per heavy atom. The smallest absolute Gasteiger partial charge is 0.326 e. The van der Waals surface area contributed by atoms with Gasteiger partial charge in [-0.1, -0.05) is 52.0 Å². The van der Waals surface area contributed by atoms with Crippen LogP contribution >= 0.6 is 0 Å². The number of carbonyl (C=O) groups excluding carboxylic acids is 2. The average molecular weight is 672 g/mol. The minimum atomic E-state index is -0.517. The van der Waals surface area contributed by atoms with Crippen molar-refractivity contribution in [3.8, 4) is 0 Å². The van der Waals surface area contributed by atoms with Gasteiger partial charge in [0.15, 0.2) is 0 Å². The van der Waals surface area contributed by atoms with E-state index in [2.05, 4.69) is 34.1 Å². The third kappa shape index (κ3) is 15.8. The molecule has 0 aliphatic carbocycles. The van der Waals surface area contributed by atoms with E-state index in [0.29, 0.717) is 64.8 Å². The highest BCUT2D eigenvalue weighted by atomic mass is 16.5. The molecule has 1 amide bonds. The van der Waals surface area contributed by atoms with Crippen LogP contribution in [0.3, 0.4) is 0 Å². The van der Waals surface area contributed by atoms with Crippen molar-refractivity contribution in [1.29, 1.82) is 0 Å². The number of pyridine rings is 2. The van der Waals surface area contributed by atoms with E-state index in [1.54, 1.807) is 6.92 Å². The Balaban J connectivity index is 0.000000481. The number of anilines is 2. The molecule has 0 atom stereocenters. The molecule has 4 rings (SSSR count). The van der Waals surface area contributed by atoms with Gasteiger partial charge in [-0.05, 0) is 32.3 Å². The maximum absolute atomic E-state index is 11.9. The summed E-state index contributed by atoms with van der Waals surface area (Å²) in [7, 11) is 0. The van der Waals surface area contributed by atoms with Gasteiger partial charge in [-0.25, -0.2) is 0 Å². The standard InChI is InChI=1S/C18H29N3O7.C14H16N2.2C2H6/c1-2-28-18(24)14-21-13-16(3-4-17(21)23)20(15-22)6-8-26-10-12-27-11-9-25-7-5-19;1-4-8-16(9-5-1)14-11-15-10-12-6-2-3-7-13(12)14;2*1-2/h3-4,13,15H,2,5-12,14,19H2,1H3;2-3,6-7,10-11H,1,4-5,8-9H2;2*1-2H3. The Labute approximate surface area is 286 Å². The Kier molecular flexibility index (Phi) is 23.9. The zero-order chi connectivity index (χ0) is 35.4. The summed E-state index contributed by atoms with van der Waals surface area (Å²) in [5.41, 5.74) is 6.73. The third-order valence-electron chi connectivity index (χ3n) is 6.86. The number of nitrogens with zero attached hydrogens (tertiary/aromatic N) is 4.